The molecule has 3 rings (SSSR count). The van der Waals surface area contributed by atoms with E-state index in [1.54, 1.807) is 0 Å². The number of aliphatic hydroxyl groups is 1. The molecule has 0 aromatic rings. The molecule has 0 spiro atoms. The molecular weight excluding hydrogens is 346 g/mol. The Balaban J connectivity index is 1.67. The van der Waals surface area contributed by atoms with Crippen molar-refractivity contribution in [1.82, 2.24) is 14.7 Å². The van der Waals surface area contributed by atoms with Crippen LogP contribution in [0.2, 0.25) is 0 Å². The second kappa shape index (κ2) is 7.48. The van der Waals surface area contributed by atoms with Gasteiger partial charge in [-0.1, -0.05) is 0 Å². The summed E-state index contributed by atoms with van der Waals surface area (Å²) in [5.74, 6) is 0.261. The van der Waals surface area contributed by atoms with E-state index in [0.29, 0.717) is 32.7 Å². The fourth-order valence-corrected chi connectivity index (χ4v) is 6.40. The molecule has 9 heteroatoms. The topological polar surface area (TPSA) is 90.4 Å². The second-order valence-electron chi connectivity index (χ2n) is 7.50. The maximum atomic E-state index is 12.7. The van der Waals surface area contributed by atoms with Gasteiger partial charge < -0.3 is 14.7 Å². The number of rotatable bonds is 4. The zero-order chi connectivity index (χ0) is 18.2. The summed E-state index contributed by atoms with van der Waals surface area (Å²) in [5, 5.41) is 9.22. The van der Waals surface area contributed by atoms with Crippen molar-refractivity contribution in [2.24, 2.45) is 0 Å². The first-order chi connectivity index (χ1) is 11.8. The van der Waals surface area contributed by atoms with Crippen LogP contribution in [0.4, 0.5) is 0 Å². The lowest BCUT2D eigenvalue weighted by atomic mass is 10.0. The summed E-state index contributed by atoms with van der Waals surface area (Å²) >= 11 is 0. The summed E-state index contributed by atoms with van der Waals surface area (Å²) in [6.45, 7) is 7.18. The summed E-state index contributed by atoms with van der Waals surface area (Å²) in [4.78, 5) is 18.6. The Bertz CT molecular complexity index is 589. The Morgan fingerprint density at radius 2 is 1.64 bits per heavy atom. The van der Waals surface area contributed by atoms with E-state index in [1.807, 2.05) is 23.6 Å². The molecule has 4 atom stereocenters. The van der Waals surface area contributed by atoms with Crippen molar-refractivity contribution in [3.05, 3.63) is 0 Å². The van der Waals surface area contributed by atoms with Crippen LogP contribution < -0.4 is 0 Å². The molecule has 1 amide bonds. The monoisotopic (exact) mass is 375 g/mol. The zero-order valence-electron chi connectivity index (χ0n) is 15.0. The zero-order valence-corrected chi connectivity index (χ0v) is 15.8. The predicted octanol–water partition coefficient (Wildman–Crippen LogP) is -1.60. The molecule has 3 aliphatic rings. The van der Waals surface area contributed by atoms with Gasteiger partial charge in [-0.25, -0.2) is 8.42 Å². The fraction of sp³-hybridized carbons (Fsp3) is 0.938. The van der Waals surface area contributed by atoms with Crippen molar-refractivity contribution in [1.29, 1.82) is 0 Å². The smallest absolute Gasteiger partial charge is 0.236 e. The van der Waals surface area contributed by atoms with Gasteiger partial charge in [0, 0.05) is 44.8 Å². The van der Waals surface area contributed by atoms with Gasteiger partial charge in [0.2, 0.25) is 5.91 Å². The Morgan fingerprint density at radius 1 is 1.08 bits per heavy atom. The molecule has 0 aromatic heterocycles. The number of nitrogens with zero attached hydrogens (tertiary/aromatic N) is 3. The third-order valence-corrected chi connectivity index (χ3v) is 7.10. The molecule has 0 aliphatic carbocycles. The molecule has 0 saturated carbocycles. The number of fused-ring (bicyclic) bond motifs is 1. The number of β-amino-alcohol motifs (C(OH)–C–C–N with tert-alkyl or cyclic N) is 1. The Hall–Kier alpha value is -0.740. The molecule has 3 aliphatic heterocycles. The standard InChI is InChI=1S/C16H29N3O5S/c1-12-7-19(8-13(2)24-12)16(21)9-18-4-3-17(5-6-20)14-10-25(22,23)11-15(14)18/h12-15,20H,3-11H2,1-2H3/t12-,13+,14-,15+/m1/s1. The lowest BCUT2D eigenvalue weighted by Gasteiger charge is -2.44. The van der Waals surface area contributed by atoms with Crippen molar-refractivity contribution < 1.29 is 23.1 Å². The van der Waals surface area contributed by atoms with Gasteiger partial charge >= 0.3 is 0 Å². The normalized spacial score (nSPS) is 36.4. The van der Waals surface area contributed by atoms with E-state index in [0.717, 1.165) is 0 Å². The van der Waals surface area contributed by atoms with Crippen molar-refractivity contribution in [3.8, 4) is 0 Å². The maximum absolute atomic E-state index is 12.7. The molecule has 3 heterocycles. The van der Waals surface area contributed by atoms with Gasteiger partial charge in [-0.05, 0) is 13.8 Å². The number of amides is 1. The van der Waals surface area contributed by atoms with Crippen LogP contribution in [0.3, 0.4) is 0 Å². The first-order valence-electron chi connectivity index (χ1n) is 9.01. The van der Waals surface area contributed by atoms with Crippen LogP contribution in [-0.2, 0) is 19.4 Å². The van der Waals surface area contributed by atoms with Crippen molar-refractivity contribution in [2.45, 2.75) is 38.1 Å². The average Bonchev–Trinajstić information content (AvgIpc) is 2.84. The summed E-state index contributed by atoms with van der Waals surface area (Å²) in [6.07, 6.45) is 0.0439. The highest BCUT2D eigenvalue weighted by atomic mass is 32.2. The SMILES string of the molecule is C[C@@H]1CN(C(=O)CN2CCN(CCO)[C@@H]3CS(=O)(=O)C[C@@H]32)C[C@H](C)O1. The Morgan fingerprint density at radius 3 is 2.24 bits per heavy atom. The van der Waals surface area contributed by atoms with Gasteiger partial charge in [-0.2, -0.15) is 0 Å². The minimum absolute atomic E-state index is 0.0196. The van der Waals surface area contributed by atoms with Crippen molar-refractivity contribution >= 4 is 15.7 Å². The quantitative estimate of drug-likeness (QED) is 0.633. The number of morpholine rings is 1. The van der Waals surface area contributed by atoms with Gasteiger partial charge in [-0.3, -0.25) is 14.6 Å². The molecule has 3 saturated heterocycles. The highest BCUT2D eigenvalue weighted by Crippen LogP contribution is 2.27. The molecular formula is C16H29N3O5S. The van der Waals surface area contributed by atoms with Crippen LogP contribution in [0.15, 0.2) is 0 Å². The summed E-state index contributed by atoms with van der Waals surface area (Å²) < 4.78 is 30.0. The van der Waals surface area contributed by atoms with Crippen LogP contribution in [0.5, 0.6) is 0 Å². The number of hydrogen-bond acceptors (Lipinski definition) is 7. The minimum Gasteiger partial charge on any atom is -0.395 e. The lowest BCUT2D eigenvalue weighted by Crippen LogP contribution is -2.61. The third kappa shape index (κ3) is 4.33. The van der Waals surface area contributed by atoms with Crippen LogP contribution in [-0.4, -0.2) is 116 Å². The highest BCUT2D eigenvalue weighted by molar-refractivity contribution is 7.91. The van der Waals surface area contributed by atoms with Gasteiger partial charge in [0.25, 0.3) is 0 Å². The highest BCUT2D eigenvalue weighted by Gasteiger charge is 2.46. The van der Waals surface area contributed by atoms with E-state index >= 15 is 0 Å². The largest absolute Gasteiger partial charge is 0.395 e. The number of carbonyl (C=O) groups is 1. The summed E-state index contributed by atoms with van der Waals surface area (Å²) in [5.41, 5.74) is 0. The summed E-state index contributed by atoms with van der Waals surface area (Å²) in [6, 6.07) is -0.286. The molecule has 0 aromatic carbocycles. The fourth-order valence-electron chi connectivity index (χ4n) is 4.35. The van der Waals surface area contributed by atoms with E-state index in [9.17, 15) is 18.3 Å². The predicted molar refractivity (Wildman–Crippen MR) is 93.1 cm³/mol. The third-order valence-electron chi connectivity index (χ3n) is 5.40. The molecule has 0 unspecified atom stereocenters. The van der Waals surface area contributed by atoms with Gasteiger partial charge in [-0.15, -0.1) is 0 Å². The first-order valence-corrected chi connectivity index (χ1v) is 10.8. The molecule has 144 valence electrons. The number of carbonyl (C=O) groups excluding carboxylic acids is 1. The van der Waals surface area contributed by atoms with Gasteiger partial charge in [0.1, 0.15) is 0 Å². The first kappa shape index (κ1) is 19.0. The van der Waals surface area contributed by atoms with Crippen LogP contribution >= 0.6 is 0 Å². The minimum atomic E-state index is -3.10. The second-order valence-corrected chi connectivity index (χ2v) is 9.65. The van der Waals surface area contributed by atoms with Gasteiger partial charge in [0.15, 0.2) is 9.84 Å². The number of piperazine rings is 1. The number of hydrogen-bond donors (Lipinski definition) is 1. The van der Waals surface area contributed by atoms with Crippen molar-refractivity contribution in [2.75, 3.05) is 57.4 Å². The Labute approximate surface area is 149 Å². The lowest BCUT2D eigenvalue weighted by molar-refractivity contribution is -0.145. The van der Waals surface area contributed by atoms with Crippen LogP contribution in [0.1, 0.15) is 13.8 Å². The number of sulfone groups is 1. The van der Waals surface area contributed by atoms with Crippen molar-refractivity contribution in [3.63, 3.8) is 0 Å². The van der Waals surface area contributed by atoms with Crippen LogP contribution in [0, 0.1) is 0 Å². The molecule has 3 fully saturated rings. The van der Waals surface area contributed by atoms with E-state index in [1.165, 1.54) is 0 Å². The summed E-state index contributed by atoms with van der Waals surface area (Å²) in [7, 11) is -3.10. The van der Waals surface area contributed by atoms with E-state index in [4.69, 9.17) is 4.74 Å². The number of ether oxygens (including phenoxy) is 1. The van der Waals surface area contributed by atoms with Crippen LogP contribution in [0.25, 0.3) is 0 Å². The Kier molecular flexibility index (Phi) is 5.69. The maximum Gasteiger partial charge on any atom is 0.236 e. The molecule has 0 bridgehead atoms. The molecule has 8 nitrogen and oxygen atoms in total. The molecule has 0 radical (unpaired) electrons. The molecule has 1 N–H and O–H groups in total. The average molecular weight is 375 g/mol. The van der Waals surface area contributed by atoms with Gasteiger partial charge in [0.05, 0.1) is 36.9 Å². The van der Waals surface area contributed by atoms with E-state index in [-0.39, 0.29) is 54.9 Å². The van der Waals surface area contributed by atoms with E-state index < -0.39 is 9.84 Å². The van der Waals surface area contributed by atoms with E-state index in [2.05, 4.69) is 4.90 Å². The molecule has 25 heavy (non-hydrogen) atoms. The number of aliphatic hydroxyl groups excluding tert-OH is 1.